The molecule has 2 aromatic carbocycles. The number of esters is 1. The summed E-state index contributed by atoms with van der Waals surface area (Å²) in [6.45, 7) is 0.601. The Bertz CT molecular complexity index is 1050. The second-order valence-electron chi connectivity index (χ2n) is 7.79. The molecule has 0 bridgehead atoms. The highest BCUT2D eigenvalue weighted by Gasteiger charge is 2.07. The van der Waals surface area contributed by atoms with E-state index in [-0.39, 0.29) is 11.9 Å². The van der Waals surface area contributed by atoms with Crippen LogP contribution in [0.25, 0.3) is 5.57 Å². The monoisotopic (exact) mass is 442 g/mol. The van der Waals surface area contributed by atoms with Gasteiger partial charge >= 0.3 is 5.97 Å². The Morgan fingerprint density at radius 2 is 1.73 bits per heavy atom. The number of unbranched alkanes of at least 4 members (excludes halogenated alkanes) is 1. The van der Waals surface area contributed by atoms with Crippen molar-refractivity contribution in [3.05, 3.63) is 107 Å². The fraction of sp³-hybridized carbons (Fsp3) is 0.250. The molecule has 0 aliphatic rings. The van der Waals surface area contributed by atoms with Crippen LogP contribution in [0.2, 0.25) is 0 Å². The third-order valence-corrected chi connectivity index (χ3v) is 5.34. The van der Waals surface area contributed by atoms with Crippen LogP contribution in [-0.4, -0.2) is 30.5 Å². The molecule has 1 amide bonds. The van der Waals surface area contributed by atoms with Crippen LogP contribution in [0, 0.1) is 0 Å². The zero-order valence-corrected chi connectivity index (χ0v) is 19.0. The molecule has 5 heteroatoms. The lowest BCUT2D eigenvalue weighted by atomic mass is 9.96. The van der Waals surface area contributed by atoms with Gasteiger partial charge in [-0.05, 0) is 47.6 Å². The van der Waals surface area contributed by atoms with Crippen molar-refractivity contribution in [3.8, 4) is 0 Å². The number of allylic oxidation sites excluding steroid dienone is 1. The molecule has 0 aliphatic carbocycles. The van der Waals surface area contributed by atoms with Crippen molar-refractivity contribution < 1.29 is 14.3 Å². The van der Waals surface area contributed by atoms with E-state index < -0.39 is 0 Å². The molecule has 0 unspecified atom stereocenters. The lowest BCUT2D eigenvalue weighted by molar-refractivity contribution is -0.140. The predicted molar refractivity (Wildman–Crippen MR) is 130 cm³/mol. The summed E-state index contributed by atoms with van der Waals surface area (Å²) < 4.78 is 4.72. The molecule has 33 heavy (non-hydrogen) atoms. The topological polar surface area (TPSA) is 68.3 Å². The number of benzene rings is 2. The number of aromatic nitrogens is 1. The largest absolute Gasteiger partial charge is 0.469 e. The molecule has 1 heterocycles. The molecule has 5 nitrogen and oxygen atoms in total. The maximum absolute atomic E-state index is 12.1. The van der Waals surface area contributed by atoms with Crippen LogP contribution < -0.4 is 5.32 Å². The Kier molecular flexibility index (Phi) is 9.40. The fourth-order valence-electron chi connectivity index (χ4n) is 3.56. The summed E-state index contributed by atoms with van der Waals surface area (Å²) in [6.07, 6.45) is 8.84. The van der Waals surface area contributed by atoms with Crippen LogP contribution in [0.3, 0.4) is 0 Å². The van der Waals surface area contributed by atoms with E-state index >= 15 is 0 Å². The number of hydrogen-bond acceptors (Lipinski definition) is 4. The lowest BCUT2D eigenvalue weighted by Gasteiger charge is -2.10. The van der Waals surface area contributed by atoms with Gasteiger partial charge in [-0.15, -0.1) is 0 Å². The molecule has 3 rings (SSSR count). The quantitative estimate of drug-likeness (QED) is 0.343. The number of hydrogen-bond donors (Lipinski definition) is 1. The second-order valence-corrected chi connectivity index (χ2v) is 7.79. The third kappa shape index (κ3) is 8.04. The molecule has 0 radical (unpaired) electrons. The Balaban J connectivity index is 1.57. The molecule has 0 fully saturated rings. The number of nitrogens with one attached hydrogen (secondary N) is 1. The summed E-state index contributed by atoms with van der Waals surface area (Å²) in [4.78, 5) is 27.8. The van der Waals surface area contributed by atoms with Crippen molar-refractivity contribution >= 4 is 17.4 Å². The summed E-state index contributed by atoms with van der Waals surface area (Å²) >= 11 is 0. The van der Waals surface area contributed by atoms with E-state index in [4.69, 9.17) is 4.74 Å². The Hall–Kier alpha value is -3.73. The van der Waals surface area contributed by atoms with Crippen molar-refractivity contribution in [1.82, 2.24) is 10.3 Å². The van der Waals surface area contributed by atoms with Crippen LogP contribution in [0.15, 0.2) is 85.2 Å². The maximum Gasteiger partial charge on any atom is 0.305 e. The Labute approximate surface area is 195 Å². The third-order valence-electron chi connectivity index (χ3n) is 5.34. The zero-order valence-electron chi connectivity index (χ0n) is 19.0. The molecule has 0 aliphatic heterocycles. The van der Waals surface area contributed by atoms with Gasteiger partial charge in [-0.2, -0.15) is 0 Å². The van der Waals surface area contributed by atoms with Gasteiger partial charge in [0.05, 0.1) is 13.5 Å². The molecular formula is C28H30N2O3. The van der Waals surface area contributed by atoms with Crippen LogP contribution in [0.5, 0.6) is 0 Å². The van der Waals surface area contributed by atoms with E-state index in [1.807, 2.05) is 48.7 Å². The standard InChI is InChI=1S/C28H30N2O3/c1-33-28(32)12-6-5-11-26(25-10-7-18-29-21-25)24-15-13-22(14-16-24)17-19-30-27(31)20-23-8-3-2-4-9-23/h2-4,7-11,13-16,18,21H,5-6,12,17,19-20H2,1H3,(H,30,31)/b26-11+. The van der Waals surface area contributed by atoms with Crippen LogP contribution >= 0.6 is 0 Å². The molecule has 0 saturated heterocycles. The summed E-state index contributed by atoms with van der Waals surface area (Å²) in [5, 5.41) is 2.99. The Morgan fingerprint density at radius 1 is 0.939 bits per heavy atom. The smallest absolute Gasteiger partial charge is 0.305 e. The van der Waals surface area contributed by atoms with Crippen molar-refractivity contribution in [2.24, 2.45) is 0 Å². The molecule has 0 spiro atoms. The number of rotatable bonds is 11. The van der Waals surface area contributed by atoms with Gasteiger partial charge < -0.3 is 10.1 Å². The van der Waals surface area contributed by atoms with Crippen molar-refractivity contribution in [2.45, 2.75) is 32.1 Å². The van der Waals surface area contributed by atoms with Gasteiger partial charge in [-0.1, -0.05) is 66.7 Å². The molecule has 0 atom stereocenters. The minimum absolute atomic E-state index is 0.0339. The maximum atomic E-state index is 12.1. The first kappa shape index (κ1) is 23.9. The lowest BCUT2D eigenvalue weighted by Crippen LogP contribution is -2.27. The van der Waals surface area contributed by atoms with Gasteiger partial charge in [0.25, 0.3) is 0 Å². The van der Waals surface area contributed by atoms with Gasteiger partial charge in [0.2, 0.25) is 5.91 Å². The number of carbonyl (C=O) groups is 2. The number of pyridine rings is 1. The Morgan fingerprint density at radius 3 is 2.42 bits per heavy atom. The first-order valence-corrected chi connectivity index (χ1v) is 11.2. The minimum Gasteiger partial charge on any atom is -0.469 e. The summed E-state index contributed by atoms with van der Waals surface area (Å²) in [5.41, 5.74) is 5.40. The number of carbonyl (C=O) groups excluding carboxylic acids is 2. The molecule has 0 saturated carbocycles. The van der Waals surface area contributed by atoms with E-state index in [1.54, 1.807) is 6.20 Å². The summed E-state index contributed by atoms with van der Waals surface area (Å²) in [6, 6.07) is 22.1. The van der Waals surface area contributed by atoms with Gasteiger partial charge in [-0.25, -0.2) is 0 Å². The highest BCUT2D eigenvalue weighted by atomic mass is 16.5. The second kappa shape index (κ2) is 13.0. The number of ether oxygens (including phenoxy) is 1. The van der Waals surface area contributed by atoms with Crippen molar-refractivity contribution in [3.63, 3.8) is 0 Å². The average Bonchev–Trinajstić information content (AvgIpc) is 2.85. The molecule has 3 aromatic rings. The first-order valence-electron chi connectivity index (χ1n) is 11.2. The van der Waals surface area contributed by atoms with E-state index in [9.17, 15) is 9.59 Å². The van der Waals surface area contributed by atoms with E-state index in [2.05, 4.69) is 40.6 Å². The zero-order chi connectivity index (χ0) is 23.3. The predicted octanol–water partition coefficient (Wildman–Crippen LogP) is 4.76. The van der Waals surface area contributed by atoms with Gasteiger partial charge in [0.1, 0.15) is 0 Å². The fourth-order valence-corrected chi connectivity index (χ4v) is 3.56. The number of amides is 1. The van der Waals surface area contributed by atoms with E-state index in [0.717, 1.165) is 47.1 Å². The van der Waals surface area contributed by atoms with Crippen LogP contribution in [-0.2, 0) is 27.2 Å². The SMILES string of the molecule is COC(=O)CCC/C=C(\c1ccc(CCNC(=O)Cc2ccccc2)cc1)c1cccnc1. The number of nitrogens with zero attached hydrogens (tertiary/aromatic N) is 1. The molecule has 170 valence electrons. The highest BCUT2D eigenvalue weighted by Crippen LogP contribution is 2.24. The number of methoxy groups -OCH3 is 1. The molecular weight excluding hydrogens is 412 g/mol. The first-order chi connectivity index (χ1) is 16.2. The van der Waals surface area contributed by atoms with E-state index in [0.29, 0.717) is 19.4 Å². The van der Waals surface area contributed by atoms with Crippen LogP contribution in [0.1, 0.15) is 41.5 Å². The normalized spacial score (nSPS) is 11.1. The van der Waals surface area contributed by atoms with Gasteiger partial charge in [0, 0.05) is 30.9 Å². The minimum atomic E-state index is -0.188. The van der Waals surface area contributed by atoms with Crippen molar-refractivity contribution in [2.75, 3.05) is 13.7 Å². The molecule has 1 aromatic heterocycles. The average molecular weight is 443 g/mol. The van der Waals surface area contributed by atoms with Gasteiger partial charge in [0.15, 0.2) is 0 Å². The van der Waals surface area contributed by atoms with Crippen LogP contribution in [0.4, 0.5) is 0 Å². The van der Waals surface area contributed by atoms with Crippen molar-refractivity contribution in [1.29, 1.82) is 0 Å². The van der Waals surface area contributed by atoms with Gasteiger partial charge in [-0.3, -0.25) is 14.6 Å². The summed E-state index contributed by atoms with van der Waals surface area (Å²) in [5.74, 6) is -0.155. The summed E-state index contributed by atoms with van der Waals surface area (Å²) in [7, 11) is 1.41. The molecule has 1 N–H and O–H groups in total. The highest BCUT2D eigenvalue weighted by molar-refractivity contribution is 5.80. The van der Waals surface area contributed by atoms with E-state index in [1.165, 1.54) is 7.11 Å².